The molecule has 0 saturated carbocycles. The minimum absolute atomic E-state index is 0.192. The van der Waals surface area contributed by atoms with Crippen molar-refractivity contribution in [3.8, 4) is 0 Å². The maximum absolute atomic E-state index is 6.01. The Morgan fingerprint density at radius 3 is 3.00 bits per heavy atom. The molecule has 1 aliphatic carbocycles. The normalized spacial score (nSPS) is 21.3. The summed E-state index contributed by atoms with van der Waals surface area (Å²) in [4.78, 5) is 0. The molecule has 0 unspecified atom stereocenters. The van der Waals surface area contributed by atoms with E-state index in [1.165, 1.54) is 17.5 Å². The molecule has 0 saturated heterocycles. The van der Waals surface area contributed by atoms with Crippen LogP contribution in [0.25, 0.3) is 0 Å². The van der Waals surface area contributed by atoms with E-state index >= 15 is 0 Å². The molecule has 2 rings (SSSR count). The Kier molecular flexibility index (Phi) is 2.63. The minimum Gasteiger partial charge on any atom is -0.324 e. The number of hydrogen-bond donors (Lipinski definition) is 1. The van der Waals surface area contributed by atoms with Crippen LogP contribution in [0.1, 0.15) is 30.0 Å². The van der Waals surface area contributed by atoms with E-state index in [9.17, 15) is 0 Å². The number of nitrogens with two attached hydrogens (primary N) is 1. The molecule has 3 heteroatoms. The Hall–Kier alpha value is -0.0500. The van der Waals surface area contributed by atoms with Crippen LogP contribution in [0.4, 0.5) is 0 Å². The number of aryl methyl sites for hydroxylation is 1. The molecule has 0 radical (unpaired) electrons. The van der Waals surface area contributed by atoms with Gasteiger partial charge in [-0.3, -0.25) is 0 Å². The molecule has 0 aromatic heterocycles. The molecule has 1 aromatic carbocycles. The topological polar surface area (TPSA) is 26.0 Å². The van der Waals surface area contributed by atoms with Gasteiger partial charge in [0.05, 0.1) is 5.02 Å². The first-order chi connectivity index (χ1) is 6.18. The highest BCUT2D eigenvalue weighted by Crippen LogP contribution is 2.34. The highest BCUT2D eigenvalue weighted by Gasteiger charge is 2.17. The fourth-order valence-corrected chi connectivity index (χ4v) is 2.38. The lowest BCUT2D eigenvalue weighted by molar-refractivity contribution is 0.570. The summed E-state index contributed by atoms with van der Waals surface area (Å²) in [7, 11) is 0. The molecule has 0 bridgehead atoms. The molecule has 0 spiro atoms. The first-order valence-electron chi connectivity index (χ1n) is 4.42. The van der Waals surface area contributed by atoms with Crippen molar-refractivity contribution < 1.29 is 0 Å². The van der Waals surface area contributed by atoms with Crippen LogP contribution in [0.3, 0.4) is 0 Å². The lowest BCUT2D eigenvalue weighted by Gasteiger charge is -2.22. The van der Waals surface area contributed by atoms with E-state index in [1.807, 2.05) is 6.07 Å². The van der Waals surface area contributed by atoms with Crippen molar-refractivity contribution in [2.45, 2.75) is 25.3 Å². The van der Waals surface area contributed by atoms with E-state index in [2.05, 4.69) is 22.0 Å². The third kappa shape index (κ3) is 1.76. The third-order valence-corrected chi connectivity index (χ3v) is 3.74. The van der Waals surface area contributed by atoms with Gasteiger partial charge in [-0.25, -0.2) is 0 Å². The lowest BCUT2D eigenvalue weighted by atomic mass is 9.88. The van der Waals surface area contributed by atoms with Crippen LogP contribution in [-0.2, 0) is 6.42 Å². The van der Waals surface area contributed by atoms with E-state index in [0.717, 1.165) is 22.3 Å². The Labute approximate surface area is 91.4 Å². The standard InChI is InChI=1S/C10H11BrClN/c11-8-5-7-6(4-9(8)12)2-1-3-10(7)13/h4-5,10H,1-3,13H2/t10-/m1/s1. The zero-order valence-corrected chi connectivity index (χ0v) is 9.53. The Morgan fingerprint density at radius 1 is 1.46 bits per heavy atom. The van der Waals surface area contributed by atoms with Crippen LogP contribution in [0.15, 0.2) is 16.6 Å². The van der Waals surface area contributed by atoms with Crippen LogP contribution in [0, 0.1) is 0 Å². The van der Waals surface area contributed by atoms with E-state index in [0.29, 0.717) is 0 Å². The molecule has 2 N–H and O–H groups in total. The Balaban J connectivity index is 2.52. The average Bonchev–Trinajstić information content (AvgIpc) is 2.09. The fraction of sp³-hybridized carbons (Fsp3) is 0.400. The summed E-state index contributed by atoms with van der Waals surface area (Å²) in [6.45, 7) is 0. The lowest BCUT2D eigenvalue weighted by Crippen LogP contribution is -2.17. The maximum atomic E-state index is 6.01. The Bertz CT molecular complexity index is 338. The molecular weight excluding hydrogens is 249 g/mol. The van der Waals surface area contributed by atoms with Gasteiger partial charge in [-0.1, -0.05) is 11.6 Å². The van der Waals surface area contributed by atoms with Crippen molar-refractivity contribution in [1.29, 1.82) is 0 Å². The van der Waals surface area contributed by atoms with Crippen molar-refractivity contribution in [2.75, 3.05) is 0 Å². The van der Waals surface area contributed by atoms with Gasteiger partial charge in [0.15, 0.2) is 0 Å². The number of benzene rings is 1. The molecule has 1 aromatic rings. The predicted molar refractivity (Wildman–Crippen MR) is 59.0 cm³/mol. The van der Waals surface area contributed by atoms with E-state index in [1.54, 1.807) is 0 Å². The SMILES string of the molecule is N[C@@H]1CCCc2cc(Cl)c(Br)cc21. The molecule has 0 aliphatic heterocycles. The van der Waals surface area contributed by atoms with Crippen LogP contribution >= 0.6 is 27.5 Å². The van der Waals surface area contributed by atoms with Gasteiger partial charge < -0.3 is 5.73 Å². The van der Waals surface area contributed by atoms with Gasteiger partial charge in [-0.05, 0) is 58.5 Å². The van der Waals surface area contributed by atoms with Gasteiger partial charge in [-0.2, -0.15) is 0 Å². The summed E-state index contributed by atoms with van der Waals surface area (Å²) < 4.78 is 0.949. The summed E-state index contributed by atoms with van der Waals surface area (Å²) in [5.74, 6) is 0. The first-order valence-corrected chi connectivity index (χ1v) is 5.59. The molecule has 0 fully saturated rings. The summed E-state index contributed by atoms with van der Waals surface area (Å²) in [5.41, 5.74) is 8.57. The van der Waals surface area contributed by atoms with Gasteiger partial charge in [0.2, 0.25) is 0 Å². The second-order valence-corrected chi connectivity index (χ2v) is 4.73. The number of fused-ring (bicyclic) bond motifs is 1. The molecule has 1 nitrogen and oxygen atoms in total. The number of halogens is 2. The minimum atomic E-state index is 0.192. The largest absolute Gasteiger partial charge is 0.324 e. The molecule has 0 heterocycles. The summed E-state index contributed by atoms with van der Waals surface area (Å²) in [6.07, 6.45) is 3.36. The van der Waals surface area contributed by atoms with Crippen molar-refractivity contribution in [1.82, 2.24) is 0 Å². The van der Waals surface area contributed by atoms with E-state index in [-0.39, 0.29) is 6.04 Å². The van der Waals surface area contributed by atoms with Gasteiger partial charge in [0.25, 0.3) is 0 Å². The van der Waals surface area contributed by atoms with Crippen molar-refractivity contribution in [3.63, 3.8) is 0 Å². The maximum Gasteiger partial charge on any atom is 0.0551 e. The van der Waals surface area contributed by atoms with Crippen LogP contribution in [-0.4, -0.2) is 0 Å². The van der Waals surface area contributed by atoms with Crippen molar-refractivity contribution in [2.24, 2.45) is 5.73 Å². The highest BCUT2D eigenvalue weighted by molar-refractivity contribution is 9.10. The molecule has 1 aliphatic rings. The molecular formula is C10H11BrClN. The summed E-state index contributed by atoms with van der Waals surface area (Å²) >= 11 is 9.42. The predicted octanol–water partition coefficient (Wildman–Crippen LogP) is 3.44. The third-order valence-electron chi connectivity index (χ3n) is 2.54. The zero-order chi connectivity index (χ0) is 9.42. The summed E-state index contributed by atoms with van der Waals surface area (Å²) in [5, 5.41) is 0.785. The van der Waals surface area contributed by atoms with Crippen LogP contribution in [0.2, 0.25) is 5.02 Å². The summed E-state index contributed by atoms with van der Waals surface area (Å²) in [6, 6.07) is 4.28. The second-order valence-electron chi connectivity index (χ2n) is 3.46. The van der Waals surface area contributed by atoms with Crippen LogP contribution < -0.4 is 5.73 Å². The quantitative estimate of drug-likeness (QED) is 0.760. The van der Waals surface area contributed by atoms with E-state index < -0.39 is 0 Å². The number of hydrogen-bond acceptors (Lipinski definition) is 1. The van der Waals surface area contributed by atoms with Crippen molar-refractivity contribution >= 4 is 27.5 Å². The Morgan fingerprint density at radius 2 is 2.23 bits per heavy atom. The molecule has 70 valence electrons. The second kappa shape index (κ2) is 3.60. The fourth-order valence-electron chi connectivity index (χ4n) is 1.83. The average molecular weight is 261 g/mol. The van der Waals surface area contributed by atoms with E-state index in [4.69, 9.17) is 17.3 Å². The van der Waals surface area contributed by atoms with Gasteiger partial charge >= 0.3 is 0 Å². The van der Waals surface area contributed by atoms with Crippen LogP contribution in [0.5, 0.6) is 0 Å². The molecule has 0 amide bonds. The zero-order valence-electron chi connectivity index (χ0n) is 7.19. The highest BCUT2D eigenvalue weighted by atomic mass is 79.9. The first kappa shape index (κ1) is 9.50. The smallest absolute Gasteiger partial charge is 0.0551 e. The molecule has 1 atom stereocenters. The van der Waals surface area contributed by atoms with Gasteiger partial charge in [0, 0.05) is 10.5 Å². The van der Waals surface area contributed by atoms with Gasteiger partial charge in [0.1, 0.15) is 0 Å². The van der Waals surface area contributed by atoms with Crippen molar-refractivity contribution in [3.05, 3.63) is 32.8 Å². The van der Waals surface area contributed by atoms with Gasteiger partial charge in [-0.15, -0.1) is 0 Å². The molecule has 13 heavy (non-hydrogen) atoms. The number of rotatable bonds is 0. The monoisotopic (exact) mass is 259 g/mol.